The van der Waals surface area contributed by atoms with Gasteiger partial charge in [-0.1, -0.05) is 31.5 Å². The van der Waals surface area contributed by atoms with Crippen molar-refractivity contribution in [1.82, 2.24) is 0 Å². The summed E-state index contributed by atoms with van der Waals surface area (Å²) in [5.41, 5.74) is 1.22. The van der Waals surface area contributed by atoms with Gasteiger partial charge in [-0.3, -0.25) is 0 Å². The van der Waals surface area contributed by atoms with E-state index in [0.717, 1.165) is 16.9 Å². The van der Waals surface area contributed by atoms with Crippen molar-refractivity contribution in [3.63, 3.8) is 0 Å². The van der Waals surface area contributed by atoms with Crippen molar-refractivity contribution in [3.05, 3.63) is 43.0 Å². The molecule has 0 aliphatic carbocycles. The number of hydrogen-bond donors (Lipinski definition) is 1. The van der Waals surface area contributed by atoms with E-state index in [2.05, 4.69) is 13.2 Å². The second kappa shape index (κ2) is 11.3. The normalized spacial score (nSPS) is 7.38. The molecule has 0 unspecified atom stereocenters. The van der Waals surface area contributed by atoms with E-state index < -0.39 is 0 Å². The van der Waals surface area contributed by atoms with Crippen LogP contribution in [0.3, 0.4) is 0 Å². The third kappa shape index (κ3) is 7.62. The molecule has 0 aromatic heterocycles. The summed E-state index contributed by atoms with van der Waals surface area (Å²) < 4.78 is 8.55. The summed E-state index contributed by atoms with van der Waals surface area (Å²) in [7, 11) is 0. The van der Waals surface area contributed by atoms with Gasteiger partial charge in [0.25, 0.3) is 0 Å². The Morgan fingerprint density at radius 3 is 1.77 bits per heavy atom. The molecule has 0 atom stereocenters. The van der Waals surface area contributed by atoms with Gasteiger partial charge in [0.05, 0.1) is 0 Å². The molecule has 0 aliphatic heterocycles. The Morgan fingerprint density at radius 1 is 1.08 bits per heavy atom. The first-order valence-electron chi connectivity index (χ1n) is 4.21. The second-order valence-electron chi connectivity index (χ2n) is 1.90. The lowest BCUT2D eigenvalue weighted by Crippen LogP contribution is -1.70. The molecule has 1 N–H and O–H groups in total. The highest BCUT2D eigenvalue weighted by Gasteiger charge is 1.87. The van der Waals surface area contributed by atoms with Crippen LogP contribution in [-0.2, 0) is 0 Å². The average molecular weight is 198 g/mol. The van der Waals surface area contributed by atoms with Crippen LogP contribution >= 0.6 is 12.0 Å². The van der Waals surface area contributed by atoms with E-state index in [0.29, 0.717) is 0 Å². The summed E-state index contributed by atoms with van der Waals surface area (Å²) in [6, 6.07) is 7.72. The van der Waals surface area contributed by atoms with E-state index in [1.807, 2.05) is 45.0 Å². The minimum absolute atomic E-state index is 0.777. The Kier molecular flexibility index (Phi) is 12.8. The lowest BCUT2D eigenvalue weighted by atomic mass is 10.2. The van der Waals surface area contributed by atoms with Gasteiger partial charge in [0.1, 0.15) is 0 Å². The molecule has 0 heterocycles. The molecule has 1 rings (SSSR count). The van der Waals surface area contributed by atoms with E-state index in [4.69, 9.17) is 4.55 Å². The van der Waals surface area contributed by atoms with Crippen LogP contribution in [0.5, 0.6) is 0 Å². The zero-order valence-corrected chi connectivity index (χ0v) is 9.40. The van der Waals surface area contributed by atoms with Gasteiger partial charge in [-0.05, 0) is 19.1 Å². The average Bonchev–Trinajstić information content (AvgIpc) is 2.25. The minimum atomic E-state index is 0.777. The topological polar surface area (TPSA) is 20.2 Å². The maximum absolute atomic E-state index is 8.55. The highest BCUT2D eigenvalue weighted by atomic mass is 32.2. The minimum Gasteiger partial charge on any atom is -0.325 e. The van der Waals surface area contributed by atoms with Crippen molar-refractivity contribution in [2.24, 2.45) is 0 Å². The van der Waals surface area contributed by atoms with E-state index in [1.165, 1.54) is 5.56 Å². The van der Waals surface area contributed by atoms with Crippen molar-refractivity contribution in [1.29, 1.82) is 0 Å². The van der Waals surface area contributed by atoms with Gasteiger partial charge < -0.3 is 4.55 Å². The fourth-order valence-electron chi connectivity index (χ4n) is 0.599. The molecule has 0 saturated heterocycles. The molecule has 1 aromatic rings. The quantitative estimate of drug-likeness (QED) is 0.533. The molecule has 0 bridgehead atoms. The fraction of sp³-hybridized carbons (Fsp3) is 0.273. The van der Waals surface area contributed by atoms with Crippen LogP contribution in [0.25, 0.3) is 0 Å². The third-order valence-corrected chi connectivity index (χ3v) is 1.61. The molecular formula is C11H18OS. The number of benzene rings is 1. The maximum atomic E-state index is 8.55. The molecule has 0 aliphatic rings. The predicted octanol–water partition coefficient (Wildman–Crippen LogP) is 4.39. The van der Waals surface area contributed by atoms with Crippen LogP contribution in [0, 0.1) is 6.92 Å². The Balaban J connectivity index is 0. The molecule has 13 heavy (non-hydrogen) atoms. The zero-order valence-electron chi connectivity index (χ0n) is 8.58. The van der Waals surface area contributed by atoms with Crippen molar-refractivity contribution in [2.45, 2.75) is 25.7 Å². The molecule has 0 amide bonds. The van der Waals surface area contributed by atoms with Gasteiger partial charge in [-0.15, -0.1) is 13.2 Å². The van der Waals surface area contributed by atoms with Crippen LogP contribution < -0.4 is 0 Å². The monoisotopic (exact) mass is 198 g/mol. The second-order valence-corrected chi connectivity index (χ2v) is 2.56. The Labute approximate surface area is 85.7 Å². The van der Waals surface area contributed by atoms with Crippen LogP contribution in [0.4, 0.5) is 0 Å². The molecule has 74 valence electrons. The summed E-state index contributed by atoms with van der Waals surface area (Å²) in [5.74, 6) is 0. The summed E-state index contributed by atoms with van der Waals surface area (Å²) in [4.78, 5) is 0.889. The lowest BCUT2D eigenvalue weighted by Gasteiger charge is -1.92. The number of rotatable bonds is 1. The van der Waals surface area contributed by atoms with Crippen LogP contribution in [0.15, 0.2) is 42.3 Å². The summed E-state index contributed by atoms with van der Waals surface area (Å²) in [5, 5.41) is 0. The molecule has 0 fully saturated rings. The van der Waals surface area contributed by atoms with Crippen molar-refractivity contribution >= 4 is 12.0 Å². The molecule has 1 nitrogen and oxygen atoms in total. The molecule has 0 radical (unpaired) electrons. The first-order chi connectivity index (χ1) is 6.33. The van der Waals surface area contributed by atoms with E-state index in [9.17, 15) is 0 Å². The third-order valence-electron chi connectivity index (χ3n) is 1.13. The molecule has 0 spiro atoms. The van der Waals surface area contributed by atoms with Gasteiger partial charge in [-0.2, -0.15) is 0 Å². The van der Waals surface area contributed by atoms with Gasteiger partial charge in [0.2, 0.25) is 0 Å². The fourth-order valence-corrected chi connectivity index (χ4v) is 0.857. The largest absolute Gasteiger partial charge is 0.325 e. The zero-order chi connectivity index (χ0) is 10.7. The molecule has 0 saturated carbocycles. The van der Waals surface area contributed by atoms with Crippen LogP contribution in [0.2, 0.25) is 0 Å². The molecule has 2 heteroatoms. The van der Waals surface area contributed by atoms with Crippen molar-refractivity contribution in [2.75, 3.05) is 0 Å². The SMILES string of the molecule is C=C.CC.Cc1ccc(SO)cc1. The maximum Gasteiger partial charge on any atom is 0.0350 e. The summed E-state index contributed by atoms with van der Waals surface area (Å²) >= 11 is 0.777. The Hall–Kier alpha value is -0.730. The lowest BCUT2D eigenvalue weighted by molar-refractivity contribution is 0.664. The van der Waals surface area contributed by atoms with Crippen molar-refractivity contribution in [3.8, 4) is 0 Å². The predicted molar refractivity (Wildman–Crippen MR) is 62.3 cm³/mol. The highest BCUT2D eigenvalue weighted by Crippen LogP contribution is 2.13. The number of hydrogen-bond acceptors (Lipinski definition) is 2. The van der Waals surface area contributed by atoms with Crippen LogP contribution in [-0.4, -0.2) is 4.55 Å². The first-order valence-corrected chi connectivity index (χ1v) is 4.98. The first kappa shape index (κ1) is 14.8. The standard InChI is InChI=1S/C7H8OS.C2H6.C2H4/c1-6-2-4-7(9-8)5-3-6;2*1-2/h2-5,8H,1H3;1-2H3;1-2H2. The Morgan fingerprint density at radius 2 is 1.46 bits per heavy atom. The van der Waals surface area contributed by atoms with Gasteiger partial charge in [0.15, 0.2) is 0 Å². The van der Waals surface area contributed by atoms with Crippen molar-refractivity contribution < 1.29 is 4.55 Å². The van der Waals surface area contributed by atoms with Gasteiger partial charge >= 0.3 is 0 Å². The number of aryl methyl sites for hydroxylation is 1. The highest BCUT2D eigenvalue weighted by molar-refractivity contribution is 7.93. The molecular weight excluding hydrogens is 180 g/mol. The molecule has 1 aromatic carbocycles. The summed E-state index contributed by atoms with van der Waals surface area (Å²) in [6.45, 7) is 12.0. The van der Waals surface area contributed by atoms with E-state index in [-0.39, 0.29) is 0 Å². The van der Waals surface area contributed by atoms with Gasteiger partial charge in [-0.25, -0.2) is 0 Å². The smallest absolute Gasteiger partial charge is 0.0350 e. The van der Waals surface area contributed by atoms with E-state index in [1.54, 1.807) is 0 Å². The van der Waals surface area contributed by atoms with Gasteiger partial charge in [0, 0.05) is 16.9 Å². The van der Waals surface area contributed by atoms with Crippen LogP contribution in [0.1, 0.15) is 19.4 Å². The van der Waals surface area contributed by atoms with E-state index >= 15 is 0 Å². The Bertz CT molecular complexity index is 194. The summed E-state index contributed by atoms with van der Waals surface area (Å²) in [6.07, 6.45) is 0.